The molecule has 59 heavy (non-hydrogen) atoms. The second-order valence-corrected chi connectivity index (χ2v) is 15.4. The Labute approximate surface area is 339 Å². The van der Waals surface area contributed by atoms with Crippen LogP contribution in [0.2, 0.25) is 0 Å². The number of hydrogen-bond donors (Lipinski definition) is 0. The number of fused-ring (bicyclic) bond motifs is 9. The van der Waals surface area contributed by atoms with E-state index in [1.54, 1.807) is 0 Å². The molecule has 9 aromatic carbocycles. The molecule has 0 spiro atoms. The van der Waals surface area contributed by atoms with Gasteiger partial charge in [-0.05, 0) is 107 Å². The van der Waals surface area contributed by atoms with Gasteiger partial charge in [0, 0.05) is 38.5 Å². The van der Waals surface area contributed by atoms with Crippen LogP contribution in [0.5, 0.6) is 0 Å². The van der Waals surface area contributed by atoms with E-state index in [1.165, 1.54) is 43.5 Å². The summed E-state index contributed by atoms with van der Waals surface area (Å²) in [4.78, 5) is 13.2. The Morgan fingerprint density at radius 3 is 1.75 bits per heavy atom. The summed E-state index contributed by atoms with van der Waals surface area (Å²) in [6.07, 6.45) is 0. The highest BCUT2D eigenvalue weighted by molar-refractivity contribution is 6.16. The third-order valence-electron chi connectivity index (χ3n) is 12.2. The molecule has 0 saturated carbocycles. The second-order valence-electron chi connectivity index (χ2n) is 15.4. The van der Waals surface area contributed by atoms with Crippen molar-refractivity contribution in [3.05, 3.63) is 200 Å². The van der Waals surface area contributed by atoms with Crippen LogP contribution in [0.3, 0.4) is 0 Å². The highest BCUT2D eigenvalue weighted by atomic mass is 15.2. The fourth-order valence-electron chi connectivity index (χ4n) is 9.60. The van der Waals surface area contributed by atoms with E-state index in [9.17, 15) is 0 Å². The van der Waals surface area contributed by atoms with Gasteiger partial charge in [0.2, 0.25) is 5.95 Å². The molecule has 0 saturated heterocycles. The summed E-state index contributed by atoms with van der Waals surface area (Å²) in [5.74, 6) is 0.658. The van der Waals surface area contributed by atoms with E-state index in [0.29, 0.717) is 5.95 Å². The number of hydrogen-bond acceptors (Lipinski definition) is 3. The zero-order valence-electron chi connectivity index (χ0n) is 31.8. The standard InChI is InChI=1S/C54H33N5/c1-3-16-38(17-4-1)57-46-23-11-9-20-40(46)42-31-36(26-28-48(42)57)37-27-29-49-43(32-37)44-30-34-14-7-8-15-35(34)33-51(44)59(49)54-55-45-22-13-25-50-52(45)53(56-54)41-21-10-12-24-47(41)58(50)39-18-5-2-6-19-39/h1-33H. The first-order valence-corrected chi connectivity index (χ1v) is 20.1. The van der Waals surface area contributed by atoms with Gasteiger partial charge in [-0.25, -0.2) is 9.97 Å². The summed E-state index contributed by atoms with van der Waals surface area (Å²) in [6.45, 7) is 0. The largest absolute Gasteiger partial charge is 0.309 e. The fraction of sp³-hybridized carbons (Fsp3) is 0. The average molecular weight is 752 g/mol. The molecular formula is C54H33N5. The SMILES string of the molecule is c1ccc(N2c3ccccc3-c3nc(-n4c5ccc(-c6ccc7c(c6)c6ccccc6n7-c6ccccc6)cc5c5cc6ccccc6cc54)nc4cccc2c34)cc1. The summed E-state index contributed by atoms with van der Waals surface area (Å²) < 4.78 is 4.64. The first kappa shape index (κ1) is 32.1. The lowest BCUT2D eigenvalue weighted by molar-refractivity contribution is 1.01. The van der Waals surface area contributed by atoms with Crippen LogP contribution in [0.25, 0.3) is 99.3 Å². The highest BCUT2D eigenvalue weighted by Crippen LogP contribution is 2.50. The molecule has 0 aliphatic carbocycles. The summed E-state index contributed by atoms with van der Waals surface area (Å²) in [5.41, 5.74) is 14.3. The first-order chi connectivity index (χ1) is 29.3. The number of nitrogens with zero attached hydrogens (tertiary/aromatic N) is 5. The van der Waals surface area contributed by atoms with Gasteiger partial charge in [-0.1, -0.05) is 115 Å². The monoisotopic (exact) mass is 751 g/mol. The van der Waals surface area contributed by atoms with Gasteiger partial charge >= 0.3 is 0 Å². The molecule has 13 rings (SSSR count). The van der Waals surface area contributed by atoms with E-state index in [0.717, 1.165) is 66.9 Å². The van der Waals surface area contributed by atoms with Crippen molar-refractivity contribution in [3.8, 4) is 34.0 Å². The molecule has 5 heteroatoms. The zero-order chi connectivity index (χ0) is 38.6. The summed E-state index contributed by atoms with van der Waals surface area (Å²) in [6, 6.07) is 71.9. The number of para-hydroxylation sites is 4. The van der Waals surface area contributed by atoms with Crippen LogP contribution in [-0.2, 0) is 0 Å². The van der Waals surface area contributed by atoms with Crippen molar-refractivity contribution in [2.45, 2.75) is 0 Å². The van der Waals surface area contributed by atoms with Gasteiger partial charge in [0.1, 0.15) is 0 Å². The maximum atomic E-state index is 5.52. The van der Waals surface area contributed by atoms with E-state index in [4.69, 9.17) is 9.97 Å². The molecule has 1 aliphatic heterocycles. The number of aromatic nitrogens is 4. The van der Waals surface area contributed by atoms with Gasteiger partial charge in [-0.2, -0.15) is 0 Å². The molecule has 0 fully saturated rings. The molecule has 0 amide bonds. The van der Waals surface area contributed by atoms with Crippen LogP contribution in [0.4, 0.5) is 17.1 Å². The molecule has 0 N–H and O–H groups in total. The van der Waals surface area contributed by atoms with E-state index in [1.807, 2.05) is 0 Å². The Balaban J connectivity index is 1.05. The molecule has 12 aromatic rings. The Bertz CT molecular complexity index is 3670. The normalized spacial score (nSPS) is 12.4. The lowest BCUT2D eigenvalue weighted by atomic mass is 9.96. The number of anilines is 3. The molecule has 274 valence electrons. The van der Waals surface area contributed by atoms with Crippen LogP contribution in [0.15, 0.2) is 200 Å². The van der Waals surface area contributed by atoms with Gasteiger partial charge < -0.3 is 9.47 Å². The minimum absolute atomic E-state index is 0.658. The molecule has 3 aromatic heterocycles. The topological polar surface area (TPSA) is 38.9 Å². The zero-order valence-corrected chi connectivity index (χ0v) is 31.8. The Morgan fingerprint density at radius 1 is 0.356 bits per heavy atom. The third-order valence-corrected chi connectivity index (χ3v) is 12.2. The van der Waals surface area contributed by atoms with Crippen LogP contribution in [0.1, 0.15) is 0 Å². The second kappa shape index (κ2) is 12.2. The van der Waals surface area contributed by atoms with E-state index in [2.05, 4.69) is 214 Å². The van der Waals surface area contributed by atoms with Crippen molar-refractivity contribution in [1.29, 1.82) is 0 Å². The van der Waals surface area contributed by atoms with Crippen LogP contribution >= 0.6 is 0 Å². The van der Waals surface area contributed by atoms with Crippen molar-refractivity contribution in [1.82, 2.24) is 19.1 Å². The predicted molar refractivity (Wildman–Crippen MR) is 245 cm³/mol. The Hall–Kier alpha value is -8.02. The minimum atomic E-state index is 0.658. The van der Waals surface area contributed by atoms with Crippen LogP contribution in [0, 0.1) is 0 Å². The van der Waals surface area contributed by atoms with Gasteiger partial charge in [-0.3, -0.25) is 4.57 Å². The van der Waals surface area contributed by atoms with Gasteiger partial charge in [0.25, 0.3) is 0 Å². The Kier molecular flexibility index (Phi) is 6.66. The maximum Gasteiger partial charge on any atom is 0.235 e. The molecule has 5 nitrogen and oxygen atoms in total. The van der Waals surface area contributed by atoms with Crippen molar-refractivity contribution >= 4 is 82.3 Å². The van der Waals surface area contributed by atoms with E-state index in [-0.39, 0.29) is 0 Å². The number of rotatable bonds is 4. The lowest BCUT2D eigenvalue weighted by Crippen LogP contribution is -2.16. The molecule has 0 bridgehead atoms. The van der Waals surface area contributed by atoms with Crippen molar-refractivity contribution in [3.63, 3.8) is 0 Å². The fourth-order valence-corrected chi connectivity index (χ4v) is 9.60. The van der Waals surface area contributed by atoms with Crippen molar-refractivity contribution in [2.75, 3.05) is 4.90 Å². The third kappa shape index (κ3) is 4.67. The number of benzene rings is 9. The van der Waals surface area contributed by atoms with Crippen molar-refractivity contribution < 1.29 is 0 Å². The van der Waals surface area contributed by atoms with Crippen LogP contribution in [-0.4, -0.2) is 19.1 Å². The molecule has 0 unspecified atom stereocenters. The van der Waals surface area contributed by atoms with Gasteiger partial charge in [-0.15, -0.1) is 0 Å². The maximum absolute atomic E-state index is 5.52. The molecule has 1 aliphatic rings. The highest BCUT2D eigenvalue weighted by Gasteiger charge is 2.29. The molecular weight excluding hydrogens is 719 g/mol. The molecule has 0 radical (unpaired) electrons. The van der Waals surface area contributed by atoms with Crippen LogP contribution < -0.4 is 4.90 Å². The molecule has 4 heterocycles. The smallest absolute Gasteiger partial charge is 0.235 e. The Morgan fingerprint density at radius 2 is 0.949 bits per heavy atom. The van der Waals surface area contributed by atoms with Gasteiger partial charge in [0.05, 0.1) is 50.0 Å². The summed E-state index contributed by atoms with van der Waals surface area (Å²) in [5, 5.41) is 8.24. The summed E-state index contributed by atoms with van der Waals surface area (Å²) >= 11 is 0. The predicted octanol–water partition coefficient (Wildman–Crippen LogP) is 14.1. The lowest BCUT2D eigenvalue weighted by Gasteiger charge is -2.32. The van der Waals surface area contributed by atoms with Crippen molar-refractivity contribution in [2.24, 2.45) is 0 Å². The molecule has 0 atom stereocenters. The van der Waals surface area contributed by atoms with Gasteiger partial charge in [0.15, 0.2) is 0 Å². The van der Waals surface area contributed by atoms with E-state index >= 15 is 0 Å². The minimum Gasteiger partial charge on any atom is -0.309 e. The first-order valence-electron chi connectivity index (χ1n) is 20.1. The van der Waals surface area contributed by atoms with E-state index < -0.39 is 0 Å². The quantitative estimate of drug-likeness (QED) is 0.180. The average Bonchev–Trinajstić information content (AvgIpc) is 3.80. The summed E-state index contributed by atoms with van der Waals surface area (Å²) in [7, 11) is 0.